The van der Waals surface area contributed by atoms with E-state index in [-0.39, 0.29) is 11.6 Å². The van der Waals surface area contributed by atoms with Crippen LogP contribution in [0.1, 0.15) is 23.0 Å². The van der Waals surface area contributed by atoms with Crippen molar-refractivity contribution in [1.82, 2.24) is 9.61 Å². The van der Waals surface area contributed by atoms with Gasteiger partial charge in [0.2, 0.25) is 0 Å². The summed E-state index contributed by atoms with van der Waals surface area (Å²) in [6.45, 7) is 2.09. The van der Waals surface area contributed by atoms with Gasteiger partial charge in [0.05, 0.1) is 10.5 Å². The highest BCUT2D eigenvalue weighted by Gasteiger charge is 2.17. The van der Waals surface area contributed by atoms with E-state index in [1.165, 1.54) is 5.56 Å². The fourth-order valence-electron chi connectivity index (χ4n) is 2.13. The van der Waals surface area contributed by atoms with Crippen LogP contribution in [0.3, 0.4) is 0 Å². The van der Waals surface area contributed by atoms with Crippen molar-refractivity contribution in [3.63, 3.8) is 0 Å². The van der Waals surface area contributed by atoms with Crippen LogP contribution in [-0.4, -0.2) is 15.5 Å². The summed E-state index contributed by atoms with van der Waals surface area (Å²) in [5.41, 5.74) is 2.89. The number of hydrogen-bond acceptors (Lipinski definition) is 2. The summed E-state index contributed by atoms with van der Waals surface area (Å²) in [6, 6.07) is 13.2. The minimum atomic E-state index is -0.312. The van der Waals surface area contributed by atoms with Gasteiger partial charge < -0.3 is 5.32 Å². The molecule has 1 N–H and O–H groups in total. The van der Waals surface area contributed by atoms with E-state index in [1.54, 1.807) is 10.7 Å². The van der Waals surface area contributed by atoms with Crippen LogP contribution >= 0.6 is 11.6 Å². The highest BCUT2D eigenvalue weighted by Crippen LogP contribution is 2.22. The summed E-state index contributed by atoms with van der Waals surface area (Å²) in [5, 5.41) is 7.39. The summed E-state index contributed by atoms with van der Waals surface area (Å²) in [5.74, 6) is -0.312. The Balaban J connectivity index is 1.87. The van der Waals surface area contributed by atoms with E-state index in [0.29, 0.717) is 10.5 Å². The van der Waals surface area contributed by atoms with E-state index in [1.807, 2.05) is 42.5 Å². The summed E-state index contributed by atoms with van der Waals surface area (Å²) in [4.78, 5) is 12.3. The number of fused-ring (bicyclic) bond motifs is 1. The van der Waals surface area contributed by atoms with Crippen molar-refractivity contribution in [2.45, 2.75) is 13.3 Å². The first-order chi connectivity index (χ1) is 10.2. The monoisotopic (exact) mass is 299 g/mol. The number of rotatable bonds is 3. The molecule has 0 aliphatic rings. The van der Waals surface area contributed by atoms with Crippen LogP contribution in [-0.2, 0) is 6.42 Å². The first kappa shape index (κ1) is 13.6. The van der Waals surface area contributed by atoms with Crippen LogP contribution in [0.4, 0.5) is 5.69 Å². The third-order valence-electron chi connectivity index (χ3n) is 3.31. The normalized spacial score (nSPS) is 10.8. The molecule has 3 aromatic rings. The van der Waals surface area contributed by atoms with Crippen molar-refractivity contribution in [1.29, 1.82) is 0 Å². The maximum Gasteiger partial charge on any atom is 0.277 e. The number of halogens is 1. The molecule has 0 saturated heterocycles. The fourth-order valence-corrected chi connectivity index (χ4v) is 2.40. The zero-order valence-corrected chi connectivity index (χ0v) is 12.3. The molecule has 1 aromatic carbocycles. The van der Waals surface area contributed by atoms with Crippen molar-refractivity contribution < 1.29 is 4.79 Å². The number of aromatic nitrogens is 2. The molecular formula is C16H14ClN3O. The Bertz CT molecular complexity index is 793. The molecule has 0 spiro atoms. The summed E-state index contributed by atoms with van der Waals surface area (Å²) in [7, 11) is 0. The molecule has 0 atom stereocenters. The topological polar surface area (TPSA) is 46.4 Å². The van der Waals surface area contributed by atoms with Gasteiger partial charge in [0, 0.05) is 11.9 Å². The number of benzene rings is 1. The molecule has 0 aliphatic heterocycles. The second-order valence-corrected chi connectivity index (χ2v) is 5.08. The maximum atomic E-state index is 12.3. The Morgan fingerprint density at radius 1 is 1.24 bits per heavy atom. The standard InChI is InChI=1S/C16H14ClN3O/c1-2-11-6-8-12(9-7-11)18-16(21)15-14(17)13-5-3-4-10-20(13)19-15/h3-10H,2H2,1H3,(H,18,21). The van der Waals surface area contributed by atoms with Gasteiger partial charge in [-0.25, -0.2) is 4.52 Å². The van der Waals surface area contributed by atoms with E-state index in [4.69, 9.17) is 11.6 Å². The lowest BCUT2D eigenvalue weighted by Crippen LogP contribution is -2.13. The summed E-state index contributed by atoms with van der Waals surface area (Å²) in [6.07, 6.45) is 2.72. The zero-order chi connectivity index (χ0) is 14.8. The predicted molar refractivity (Wildman–Crippen MR) is 84.0 cm³/mol. The first-order valence-electron chi connectivity index (χ1n) is 6.72. The molecule has 0 bridgehead atoms. The Kier molecular flexibility index (Phi) is 3.62. The number of aryl methyl sites for hydroxylation is 1. The lowest BCUT2D eigenvalue weighted by molar-refractivity contribution is 0.102. The Labute approximate surface area is 127 Å². The predicted octanol–water partition coefficient (Wildman–Crippen LogP) is 3.80. The number of hydrogen-bond donors (Lipinski definition) is 1. The fraction of sp³-hybridized carbons (Fsp3) is 0.125. The van der Waals surface area contributed by atoms with Crippen molar-refractivity contribution in [3.05, 3.63) is 64.9 Å². The molecule has 21 heavy (non-hydrogen) atoms. The van der Waals surface area contributed by atoms with Crippen LogP contribution in [0.25, 0.3) is 5.52 Å². The quantitative estimate of drug-likeness (QED) is 0.799. The second kappa shape index (κ2) is 5.58. The van der Waals surface area contributed by atoms with Gasteiger partial charge in [-0.1, -0.05) is 36.7 Å². The largest absolute Gasteiger partial charge is 0.321 e. The molecule has 5 heteroatoms. The van der Waals surface area contributed by atoms with Gasteiger partial charge in [-0.3, -0.25) is 4.79 Å². The van der Waals surface area contributed by atoms with Gasteiger partial charge in [-0.2, -0.15) is 5.10 Å². The van der Waals surface area contributed by atoms with E-state index < -0.39 is 0 Å². The third-order valence-corrected chi connectivity index (χ3v) is 3.69. The van der Waals surface area contributed by atoms with Crippen molar-refractivity contribution in [3.8, 4) is 0 Å². The third kappa shape index (κ3) is 2.62. The lowest BCUT2D eigenvalue weighted by atomic mass is 10.1. The van der Waals surface area contributed by atoms with E-state index >= 15 is 0 Å². The first-order valence-corrected chi connectivity index (χ1v) is 7.10. The Morgan fingerprint density at radius 3 is 2.67 bits per heavy atom. The molecule has 0 saturated carbocycles. The number of nitrogens with zero attached hydrogens (tertiary/aromatic N) is 2. The highest BCUT2D eigenvalue weighted by atomic mass is 35.5. The molecule has 0 radical (unpaired) electrons. The zero-order valence-electron chi connectivity index (χ0n) is 11.5. The number of anilines is 1. The van der Waals surface area contributed by atoms with E-state index in [2.05, 4.69) is 17.3 Å². The second-order valence-electron chi connectivity index (χ2n) is 4.70. The van der Waals surface area contributed by atoms with Gasteiger partial charge in [0.15, 0.2) is 5.69 Å². The number of amides is 1. The van der Waals surface area contributed by atoms with Crippen LogP contribution in [0.15, 0.2) is 48.7 Å². The average molecular weight is 300 g/mol. The number of nitrogens with one attached hydrogen (secondary N) is 1. The van der Waals surface area contributed by atoms with Crippen molar-refractivity contribution in [2.24, 2.45) is 0 Å². The van der Waals surface area contributed by atoms with Gasteiger partial charge in [0.1, 0.15) is 0 Å². The number of carbonyl (C=O) groups excluding carboxylic acids is 1. The molecule has 106 valence electrons. The summed E-state index contributed by atoms with van der Waals surface area (Å²) >= 11 is 6.22. The van der Waals surface area contributed by atoms with Crippen LogP contribution < -0.4 is 5.32 Å². The minimum Gasteiger partial charge on any atom is -0.321 e. The summed E-state index contributed by atoms with van der Waals surface area (Å²) < 4.78 is 1.59. The molecule has 1 amide bonds. The molecule has 0 fully saturated rings. The molecule has 2 heterocycles. The van der Waals surface area contributed by atoms with E-state index in [9.17, 15) is 4.79 Å². The molecule has 3 rings (SSSR count). The number of carbonyl (C=O) groups is 1. The van der Waals surface area contributed by atoms with Crippen molar-refractivity contribution >= 4 is 28.7 Å². The van der Waals surface area contributed by atoms with Crippen molar-refractivity contribution in [2.75, 3.05) is 5.32 Å². The Morgan fingerprint density at radius 2 is 2.00 bits per heavy atom. The van der Waals surface area contributed by atoms with E-state index in [0.717, 1.165) is 12.1 Å². The Hall–Kier alpha value is -2.33. The lowest BCUT2D eigenvalue weighted by Gasteiger charge is -2.04. The highest BCUT2D eigenvalue weighted by molar-refractivity contribution is 6.37. The maximum absolute atomic E-state index is 12.3. The van der Waals surface area contributed by atoms with Crippen LogP contribution in [0.5, 0.6) is 0 Å². The molecule has 0 unspecified atom stereocenters. The van der Waals surface area contributed by atoms with Gasteiger partial charge in [0.25, 0.3) is 5.91 Å². The van der Waals surface area contributed by atoms with Crippen LogP contribution in [0, 0.1) is 0 Å². The van der Waals surface area contributed by atoms with Gasteiger partial charge >= 0.3 is 0 Å². The smallest absolute Gasteiger partial charge is 0.277 e. The average Bonchev–Trinajstić information content (AvgIpc) is 2.86. The molecule has 2 aromatic heterocycles. The number of pyridine rings is 1. The SMILES string of the molecule is CCc1ccc(NC(=O)c2nn3ccccc3c2Cl)cc1. The van der Waals surface area contributed by atoms with Crippen LogP contribution in [0.2, 0.25) is 5.02 Å². The minimum absolute atomic E-state index is 0.224. The van der Waals surface area contributed by atoms with Gasteiger partial charge in [-0.15, -0.1) is 0 Å². The molecular weight excluding hydrogens is 286 g/mol. The molecule has 4 nitrogen and oxygen atoms in total. The van der Waals surface area contributed by atoms with Gasteiger partial charge in [-0.05, 0) is 36.2 Å². The molecule has 0 aliphatic carbocycles.